The molecule has 0 saturated heterocycles. The van der Waals surface area contributed by atoms with Crippen molar-refractivity contribution in [2.45, 2.75) is 0 Å². The molecular formula is C12H11N5O3. The van der Waals surface area contributed by atoms with Crippen molar-refractivity contribution in [1.82, 2.24) is 9.97 Å². The largest absolute Gasteiger partial charge is 0.387 e. The van der Waals surface area contributed by atoms with E-state index in [9.17, 15) is 14.9 Å². The van der Waals surface area contributed by atoms with Crippen molar-refractivity contribution >= 4 is 23.2 Å². The van der Waals surface area contributed by atoms with Gasteiger partial charge in [-0.3, -0.25) is 20.2 Å². The molecule has 0 fully saturated rings. The average molecular weight is 273 g/mol. The van der Waals surface area contributed by atoms with E-state index in [1.165, 1.54) is 30.6 Å². The second-order valence-corrected chi connectivity index (χ2v) is 3.76. The highest BCUT2D eigenvalue weighted by molar-refractivity contribution is 6.07. The lowest BCUT2D eigenvalue weighted by atomic mass is 10.1. The normalized spacial score (nSPS) is 9.85. The maximum absolute atomic E-state index is 12.1. The Bertz CT molecular complexity index is 645. The number of nitrogens with one attached hydrogen (secondary N) is 2. The van der Waals surface area contributed by atoms with Gasteiger partial charge in [-0.15, -0.1) is 0 Å². The molecule has 20 heavy (non-hydrogen) atoms. The van der Waals surface area contributed by atoms with Gasteiger partial charge in [0.25, 0.3) is 11.6 Å². The minimum Gasteiger partial charge on any atom is -0.387 e. The minimum absolute atomic E-state index is 0.131. The summed E-state index contributed by atoms with van der Waals surface area (Å²) < 4.78 is 0. The number of nitro groups is 1. The van der Waals surface area contributed by atoms with Crippen LogP contribution in [0.5, 0.6) is 0 Å². The van der Waals surface area contributed by atoms with Crippen LogP contribution in [0.2, 0.25) is 0 Å². The Morgan fingerprint density at radius 3 is 2.60 bits per heavy atom. The van der Waals surface area contributed by atoms with E-state index in [0.29, 0.717) is 5.69 Å². The number of carbonyl (C=O) groups is 1. The zero-order chi connectivity index (χ0) is 14.5. The summed E-state index contributed by atoms with van der Waals surface area (Å²) >= 11 is 0. The number of rotatable bonds is 4. The van der Waals surface area contributed by atoms with Gasteiger partial charge in [0.15, 0.2) is 0 Å². The minimum atomic E-state index is -0.560. The van der Waals surface area contributed by atoms with Crippen molar-refractivity contribution in [3.05, 3.63) is 52.3 Å². The fraction of sp³-hybridized carbons (Fsp3) is 0.0833. The molecule has 102 valence electrons. The van der Waals surface area contributed by atoms with E-state index in [-0.39, 0.29) is 17.2 Å². The molecule has 1 amide bonds. The molecule has 0 bridgehead atoms. The Hall–Kier alpha value is -3.03. The molecule has 1 aromatic heterocycles. The van der Waals surface area contributed by atoms with E-state index in [1.54, 1.807) is 13.1 Å². The molecule has 0 saturated carbocycles. The van der Waals surface area contributed by atoms with Gasteiger partial charge >= 0.3 is 0 Å². The molecule has 0 spiro atoms. The first-order valence-corrected chi connectivity index (χ1v) is 5.66. The Kier molecular flexibility index (Phi) is 3.85. The standard InChI is InChI=1S/C12H11N5O3/c1-13-10-4-3-8(17(19)20)7-9(10)11(18)16-12-14-5-2-6-15-12/h2-7,13H,1H3,(H,14,15,16,18). The highest BCUT2D eigenvalue weighted by Crippen LogP contribution is 2.22. The van der Waals surface area contributed by atoms with Crippen LogP contribution in [0, 0.1) is 10.1 Å². The van der Waals surface area contributed by atoms with E-state index in [0.717, 1.165) is 0 Å². The average Bonchev–Trinajstić information content (AvgIpc) is 2.47. The molecule has 2 rings (SSSR count). The van der Waals surface area contributed by atoms with Crippen molar-refractivity contribution < 1.29 is 9.72 Å². The van der Waals surface area contributed by atoms with E-state index < -0.39 is 10.8 Å². The summed E-state index contributed by atoms with van der Waals surface area (Å²) in [6.07, 6.45) is 2.96. The van der Waals surface area contributed by atoms with Gasteiger partial charge in [-0.2, -0.15) is 0 Å². The van der Waals surface area contributed by atoms with E-state index in [1.807, 2.05) is 0 Å². The van der Waals surface area contributed by atoms with Crippen LogP contribution in [0.15, 0.2) is 36.7 Å². The van der Waals surface area contributed by atoms with Crippen molar-refractivity contribution in [2.24, 2.45) is 0 Å². The maximum Gasteiger partial charge on any atom is 0.270 e. The molecule has 1 aromatic carbocycles. The molecule has 2 N–H and O–H groups in total. The predicted octanol–water partition coefficient (Wildman–Crippen LogP) is 1.68. The summed E-state index contributed by atoms with van der Waals surface area (Å²) in [5, 5.41) is 16.0. The molecule has 0 aliphatic rings. The molecule has 0 radical (unpaired) electrons. The lowest BCUT2D eigenvalue weighted by Crippen LogP contribution is -2.16. The lowest BCUT2D eigenvalue weighted by Gasteiger charge is -2.08. The van der Waals surface area contributed by atoms with Gasteiger partial charge in [-0.25, -0.2) is 9.97 Å². The summed E-state index contributed by atoms with van der Waals surface area (Å²) in [5.74, 6) is -0.393. The maximum atomic E-state index is 12.1. The molecule has 1 heterocycles. The number of carbonyl (C=O) groups excluding carboxylic acids is 1. The third kappa shape index (κ3) is 2.86. The summed E-state index contributed by atoms with van der Waals surface area (Å²) in [6, 6.07) is 5.60. The van der Waals surface area contributed by atoms with Gasteiger partial charge in [0.2, 0.25) is 5.95 Å². The van der Waals surface area contributed by atoms with Crippen molar-refractivity contribution in [1.29, 1.82) is 0 Å². The summed E-state index contributed by atoms with van der Waals surface area (Å²) in [7, 11) is 1.62. The molecule has 8 nitrogen and oxygen atoms in total. The third-order valence-electron chi connectivity index (χ3n) is 2.52. The van der Waals surface area contributed by atoms with Gasteiger partial charge in [-0.05, 0) is 12.1 Å². The number of hydrogen-bond acceptors (Lipinski definition) is 6. The number of hydrogen-bond donors (Lipinski definition) is 2. The quantitative estimate of drug-likeness (QED) is 0.647. The Balaban J connectivity index is 2.32. The van der Waals surface area contributed by atoms with Crippen LogP contribution in [-0.2, 0) is 0 Å². The molecule has 0 atom stereocenters. The van der Waals surface area contributed by atoms with Crippen molar-refractivity contribution in [3.63, 3.8) is 0 Å². The molecule has 2 aromatic rings. The van der Waals surface area contributed by atoms with Crippen molar-refractivity contribution in [2.75, 3.05) is 17.7 Å². The zero-order valence-electron chi connectivity index (χ0n) is 10.5. The summed E-state index contributed by atoms with van der Waals surface area (Å²) in [6.45, 7) is 0. The molecule has 0 aliphatic carbocycles. The van der Waals surface area contributed by atoms with Crippen LogP contribution in [-0.4, -0.2) is 27.8 Å². The Morgan fingerprint density at radius 2 is 2.00 bits per heavy atom. The molecule has 0 unspecified atom stereocenters. The second kappa shape index (κ2) is 5.74. The van der Waals surface area contributed by atoms with Crippen LogP contribution in [0.25, 0.3) is 0 Å². The number of non-ortho nitro benzene ring substituents is 1. The second-order valence-electron chi connectivity index (χ2n) is 3.76. The number of amides is 1. The number of anilines is 2. The number of nitro benzene ring substituents is 1. The van der Waals surface area contributed by atoms with Gasteiger partial charge in [-0.1, -0.05) is 0 Å². The highest BCUT2D eigenvalue weighted by Gasteiger charge is 2.16. The van der Waals surface area contributed by atoms with Crippen LogP contribution in [0.4, 0.5) is 17.3 Å². The Morgan fingerprint density at radius 1 is 1.30 bits per heavy atom. The highest BCUT2D eigenvalue weighted by atomic mass is 16.6. The van der Waals surface area contributed by atoms with E-state index in [4.69, 9.17) is 0 Å². The Labute approximate surface area is 114 Å². The van der Waals surface area contributed by atoms with E-state index in [2.05, 4.69) is 20.6 Å². The monoisotopic (exact) mass is 273 g/mol. The molecule has 8 heteroatoms. The molecular weight excluding hydrogens is 262 g/mol. The van der Waals surface area contributed by atoms with E-state index >= 15 is 0 Å². The van der Waals surface area contributed by atoms with Crippen molar-refractivity contribution in [3.8, 4) is 0 Å². The van der Waals surface area contributed by atoms with Crippen LogP contribution >= 0.6 is 0 Å². The summed E-state index contributed by atoms with van der Waals surface area (Å²) in [5.41, 5.74) is 0.460. The zero-order valence-corrected chi connectivity index (χ0v) is 10.5. The number of nitrogens with zero attached hydrogens (tertiary/aromatic N) is 3. The van der Waals surface area contributed by atoms with Crippen LogP contribution in [0.1, 0.15) is 10.4 Å². The first-order chi connectivity index (χ1) is 9.61. The van der Waals surface area contributed by atoms with Crippen LogP contribution in [0.3, 0.4) is 0 Å². The molecule has 0 aliphatic heterocycles. The first kappa shape index (κ1) is 13.4. The smallest absolute Gasteiger partial charge is 0.270 e. The number of aromatic nitrogens is 2. The van der Waals surface area contributed by atoms with Gasteiger partial charge in [0, 0.05) is 37.3 Å². The fourth-order valence-corrected chi connectivity index (χ4v) is 1.58. The SMILES string of the molecule is CNc1ccc([N+](=O)[O-])cc1C(=O)Nc1ncccn1. The van der Waals surface area contributed by atoms with Gasteiger partial charge < -0.3 is 5.32 Å². The predicted molar refractivity (Wildman–Crippen MR) is 72.6 cm³/mol. The topological polar surface area (TPSA) is 110 Å². The number of benzene rings is 1. The lowest BCUT2D eigenvalue weighted by molar-refractivity contribution is -0.384. The summed E-state index contributed by atoms with van der Waals surface area (Å²) in [4.78, 5) is 30.0. The van der Waals surface area contributed by atoms with Gasteiger partial charge in [0.1, 0.15) is 0 Å². The van der Waals surface area contributed by atoms with Gasteiger partial charge in [0.05, 0.1) is 10.5 Å². The fourth-order valence-electron chi connectivity index (χ4n) is 1.58. The third-order valence-corrected chi connectivity index (χ3v) is 2.52. The first-order valence-electron chi connectivity index (χ1n) is 5.66. The van der Waals surface area contributed by atoms with Crippen LogP contribution < -0.4 is 10.6 Å².